The zero-order valence-corrected chi connectivity index (χ0v) is 18.5. The molecule has 10 nitrogen and oxygen atoms in total. The molecule has 0 aliphatic rings. The highest BCUT2D eigenvalue weighted by atomic mass is 35.5. The number of methoxy groups -OCH3 is 1. The Hall–Kier alpha value is -4.43. The van der Waals surface area contributed by atoms with Crippen molar-refractivity contribution in [3.63, 3.8) is 0 Å². The van der Waals surface area contributed by atoms with Crippen molar-refractivity contribution in [2.24, 2.45) is 7.05 Å². The minimum Gasteiger partial charge on any atom is -0.494 e. The van der Waals surface area contributed by atoms with Crippen molar-refractivity contribution in [2.75, 3.05) is 7.11 Å². The first-order chi connectivity index (χ1) is 16.3. The Balaban J connectivity index is 1.87. The van der Waals surface area contributed by atoms with Gasteiger partial charge in [-0.3, -0.25) is 19.0 Å². The van der Waals surface area contributed by atoms with Gasteiger partial charge >= 0.3 is 11.2 Å². The highest BCUT2D eigenvalue weighted by molar-refractivity contribution is 6.33. The van der Waals surface area contributed by atoms with Crippen LogP contribution in [0.4, 0.5) is 4.39 Å². The van der Waals surface area contributed by atoms with Gasteiger partial charge in [-0.15, -0.1) is 0 Å². The number of halogens is 2. The van der Waals surface area contributed by atoms with E-state index in [2.05, 4.69) is 10.1 Å². The summed E-state index contributed by atoms with van der Waals surface area (Å²) in [5.74, 6) is -0.662. The van der Waals surface area contributed by atoms with Crippen LogP contribution in [0.3, 0.4) is 0 Å². The summed E-state index contributed by atoms with van der Waals surface area (Å²) in [6, 6.07) is 5.70. The average molecular weight is 481 g/mol. The maximum Gasteiger partial charge on any atom is 0.337 e. The molecule has 0 aliphatic carbocycles. The highest BCUT2D eigenvalue weighted by Crippen LogP contribution is 2.36. The van der Waals surface area contributed by atoms with Gasteiger partial charge in [0, 0.05) is 30.3 Å². The maximum atomic E-state index is 14.0. The number of ether oxygens (including phenoxy) is 1. The molecule has 0 saturated heterocycles. The van der Waals surface area contributed by atoms with E-state index in [9.17, 15) is 19.2 Å². The molecule has 0 N–H and O–H groups in total. The fourth-order valence-electron chi connectivity index (χ4n) is 3.87. The van der Waals surface area contributed by atoms with Crippen LogP contribution >= 0.6 is 11.6 Å². The van der Waals surface area contributed by atoms with Crippen LogP contribution < -0.4 is 16.0 Å². The van der Waals surface area contributed by atoms with Crippen molar-refractivity contribution >= 4 is 33.6 Å². The van der Waals surface area contributed by atoms with Crippen LogP contribution in [-0.4, -0.2) is 31.0 Å². The Labute approximate surface area is 194 Å². The number of rotatable bonds is 4. The predicted octanol–water partition coefficient (Wildman–Crippen LogP) is 3.02. The van der Waals surface area contributed by atoms with Gasteiger partial charge in [-0.05, 0) is 12.1 Å². The van der Waals surface area contributed by atoms with E-state index >= 15 is 0 Å². The molecule has 0 spiro atoms. The normalized spacial score (nSPS) is 11.3. The van der Waals surface area contributed by atoms with Gasteiger partial charge in [-0.2, -0.15) is 10.4 Å². The van der Waals surface area contributed by atoms with E-state index in [1.54, 1.807) is 19.4 Å². The molecule has 4 heterocycles. The van der Waals surface area contributed by atoms with Gasteiger partial charge in [0.25, 0.3) is 0 Å². The van der Waals surface area contributed by atoms with Crippen molar-refractivity contribution in [3.8, 4) is 28.8 Å². The molecular formula is C22H14ClFN6O4. The smallest absolute Gasteiger partial charge is 0.337 e. The zero-order chi connectivity index (χ0) is 24.1. The zero-order valence-electron chi connectivity index (χ0n) is 17.7. The topological polar surface area (TPSA) is 121 Å². The van der Waals surface area contributed by atoms with Crippen molar-refractivity contribution in [1.82, 2.24) is 23.9 Å². The van der Waals surface area contributed by atoms with Gasteiger partial charge in [-0.25, -0.2) is 13.8 Å². The number of nitrogens with zero attached hydrogens (tertiary/aromatic N) is 6. The first kappa shape index (κ1) is 21.4. The van der Waals surface area contributed by atoms with Crippen LogP contribution in [0.25, 0.3) is 39.0 Å². The highest BCUT2D eigenvalue weighted by Gasteiger charge is 2.23. The Kier molecular flexibility index (Phi) is 4.95. The second-order valence-corrected chi connectivity index (χ2v) is 7.73. The van der Waals surface area contributed by atoms with Gasteiger partial charge in [0.1, 0.15) is 12.3 Å². The van der Waals surface area contributed by atoms with Crippen LogP contribution in [0.15, 0.2) is 50.8 Å². The second-order valence-electron chi connectivity index (χ2n) is 7.32. The number of hydrogen-bond acceptors (Lipinski definition) is 7. The van der Waals surface area contributed by atoms with E-state index in [1.807, 2.05) is 6.07 Å². The first-order valence-electron chi connectivity index (χ1n) is 9.81. The molecule has 34 heavy (non-hydrogen) atoms. The van der Waals surface area contributed by atoms with Crippen LogP contribution in [0.5, 0.6) is 5.75 Å². The van der Waals surface area contributed by atoms with Crippen molar-refractivity contribution in [2.45, 2.75) is 6.54 Å². The molecule has 0 aliphatic heterocycles. The number of hydrogen-bond donors (Lipinski definition) is 0. The van der Waals surface area contributed by atoms with E-state index in [-0.39, 0.29) is 45.4 Å². The number of aromatic nitrogens is 5. The number of benzene rings is 1. The standard InChI is InChI=1S/C22H14ClFN6O4/c1-28-19-11(9-27-28)8-26-10-16(19)30-21(31)20-15(29(4-3-25)22(30)32)7-17(34-20)12-5-18(33-2)14(24)6-13(12)23/h5-10H,4H2,1-2H3. The molecule has 0 atom stereocenters. The maximum absolute atomic E-state index is 14.0. The van der Waals surface area contributed by atoms with Crippen molar-refractivity contribution in [3.05, 3.63) is 68.5 Å². The molecule has 0 fully saturated rings. The first-order valence-corrected chi connectivity index (χ1v) is 10.2. The van der Waals surface area contributed by atoms with E-state index in [0.29, 0.717) is 10.9 Å². The number of pyridine rings is 1. The summed E-state index contributed by atoms with van der Waals surface area (Å²) in [6.45, 7) is -0.357. The molecule has 4 aromatic heterocycles. The van der Waals surface area contributed by atoms with Gasteiger partial charge in [0.15, 0.2) is 11.6 Å². The van der Waals surface area contributed by atoms with Gasteiger partial charge < -0.3 is 9.15 Å². The molecule has 0 unspecified atom stereocenters. The third-order valence-electron chi connectivity index (χ3n) is 5.42. The monoisotopic (exact) mass is 480 g/mol. The van der Waals surface area contributed by atoms with Gasteiger partial charge in [0.2, 0.25) is 5.58 Å². The van der Waals surface area contributed by atoms with Gasteiger partial charge in [0.05, 0.1) is 47.3 Å². The van der Waals surface area contributed by atoms with Crippen LogP contribution in [0, 0.1) is 17.1 Å². The third kappa shape index (κ3) is 3.07. The molecule has 12 heteroatoms. The van der Waals surface area contributed by atoms with E-state index in [4.69, 9.17) is 20.8 Å². The Morgan fingerprint density at radius 3 is 2.76 bits per heavy atom. The lowest BCUT2D eigenvalue weighted by Gasteiger charge is -2.10. The summed E-state index contributed by atoms with van der Waals surface area (Å²) in [4.78, 5) is 31.0. The van der Waals surface area contributed by atoms with Crippen LogP contribution in [-0.2, 0) is 13.6 Å². The van der Waals surface area contributed by atoms with Gasteiger partial charge in [-0.1, -0.05) is 11.6 Å². The SMILES string of the molecule is COc1cc(-c2cc3c(o2)c(=O)n(-c2cncc4cnn(C)c24)c(=O)n3CC#N)c(Cl)cc1F. The summed E-state index contributed by atoms with van der Waals surface area (Å²) >= 11 is 6.21. The number of fused-ring (bicyclic) bond motifs is 2. The molecule has 0 amide bonds. The van der Waals surface area contributed by atoms with Crippen molar-refractivity contribution in [1.29, 1.82) is 5.26 Å². The summed E-state index contributed by atoms with van der Waals surface area (Å²) < 4.78 is 28.4. The Morgan fingerprint density at radius 2 is 2.03 bits per heavy atom. The molecule has 0 radical (unpaired) electrons. The van der Waals surface area contributed by atoms with E-state index < -0.39 is 17.1 Å². The lowest BCUT2D eigenvalue weighted by molar-refractivity contribution is 0.386. The van der Waals surface area contributed by atoms with E-state index in [1.165, 1.54) is 30.1 Å². The third-order valence-corrected chi connectivity index (χ3v) is 5.73. The lowest BCUT2D eigenvalue weighted by Crippen LogP contribution is -2.38. The Morgan fingerprint density at radius 1 is 1.24 bits per heavy atom. The molecule has 5 aromatic rings. The molecule has 170 valence electrons. The molecule has 0 saturated carbocycles. The molecular weight excluding hydrogens is 467 g/mol. The van der Waals surface area contributed by atoms with Crippen LogP contribution in [0.2, 0.25) is 5.02 Å². The minimum atomic E-state index is -0.763. The fourth-order valence-corrected chi connectivity index (χ4v) is 4.11. The number of nitriles is 1. The second kappa shape index (κ2) is 7.86. The fraction of sp³-hybridized carbons (Fsp3) is 0.136. The Bertz CT molecular complexity index is 1780. The average Bonchev–Trinajstić information content (AvgIpc) is 3.42. The van der Waals surface area contributed by atoms with E-state index in [0.717, 1.165) is 15.2 Å². The molecule has 5 rings (SSSR count). The number of aryl methyl sites for hydroxylation is 1. The van der Waals surface area contributed by atoms with Crippen LogP contribution in [0.1, 0.15) is 0 Å². The van der Waals surface area contributed by atoms with Crippen molar-refractivity contribution < 1.29 is 13.5 Å². The predicted molar refractivity (Wildman–Crippen MR) is 121 cm³/mol. The number of furan rings is 1. The molecule has 1 aromatic carbocycles. The summed E-state index contributed by atoms with van der Waals surface area (Å²) in [5.41, 5.74) is -0.703. The summed E-state index contributed by atoms with van der Waals surface area (Å²) in [5, 5.41) is 14.1. The minimum absolute atomic E-state index is 0.00992. The summed E-state index contributed by atoms with van der Waals surface area (Å²) in [6.07, 6.45) is 4.47. The lowest BCUT2D eigenvalue weighted by atomic mass is 10.1. The summed E-state index contributed by atoms with van der Waals surface area (Å²) in [7, 11) is 2.96. The molecule has 0 bridgehead atoms. The largest absolute Gasteiger partial charge is 0.494 e. The quantitative estimate of drug-likeness (QED) is 0.387.